The lowest BCUT2D eigenvalue weighted by Gasteiger charge is -2.27. The van der Waals surface area contributed by atoms with Crippen molar-refractivity contribution in [3.63, 3.8) is 0 Å². The molecule has 2 aromatic rings. The third-order valence-corrected chi connectivity index (χ3v) is 4.54. The third kappa shape index (κ3) is 5.66. The van der Waals surface area contributed by atoms with Crippen LogP contribution in [0.2, 0.25) is 0 Å². The van der Waals surface area contributed by atoms with Gasteiger partial charge in [-0.3, -0.25) is 9.89 Å². The molecule has 1 aromatic carbocycles. The topological polar surface area (TPSA) is 71.3 Å². The lowest BCUT2D eigenvalue weighted by molar-refractivity contribution is 0.198. The summed E-state index contributed by atoms with van der Waals surface area (Å²) in [6.45, 7) is 9.54. The molecule has 1 unspecified atom stereocenters. The second-order valence-corrected chi connectivity index (χ2v) is 6.17. The molecule has 7 heteroatoms. The highest BCUT2D eigenvalue weighted by Gasteiger charge is 2.20. The first-order chi connectivity index (χ1) is 13.7. The van der Waals surface area contributed by atoms with Gasteiger partial charge in [0.1, 0.15) is 5.76 Å². The van der Waals surface area contributed by atoms with E-state index in [4.69, 9.17) is 18.9 Å². The van der Waals surface area contributed by atoms with Crippen molar-refractivity contribution in [3.05, 3.63) is 42.4 Å². The summed E-state index contributed by atoms with van der Waals surface area (Å²) in [5.74, 6) is 2.99. The molecular weight excluding hydrogens is 356 g/mol. The maximum Gasteiger partial charge on any atom is 0.195 e. The Hall–Kier alpha value is -2.67. The van der Waals surface area contributed by atoms with E-state index in [2.05, 4.69) is 29.4 Å². The number of likely N-dealkylation sites (N-methyl/N-ethyl adjacent to an activating group) is 1. The first-order valence-electron chi connectivity index (χ1n) is 9.71. The quantitative estimate of drug-likeness (QED) is 0.477. The van der Waals surface area contributed by atoms with E-state index < -0.39 is 0 Å². The number of furan rings is 1. The SMILES string of the molecule is CCNC(=NCC(c1ccco1)N(CC)CC)Nc1ccc(OC)c(OC)c1. The zero-order chi connectivity index (χ0) is 20.4. The van der Waals surface area contributed by atoms with Crippen LogP contribution in [0.4, 0.5) is 5.69 Å². The van der Waals surface area contributed by atoms with Gasteiger partial charge in [0.15, 0.2) is 17.5 Å². The van der Waals surface area contributed by atoms with E-state index in [0.29, 0.717) is 24.0 Å². The first-order valence-corrected chi connectivity index (χ1v) is 9.71. The molecule has 1 heterocycles. The number of aliphatic imine (C=N–C) groups is 1. The number of rotatable bonds is 10. The average molecular weight is 389 g/mol. The van der Waals surface area contributed by atoms with Crippen LogP contribution in [0.1, 0.15) is 32.6 Å². The smallest absolute Gasteiger partial charge is 0.195 e. The lowest BCUT2D eigenvalue weighted by atomic mass is 10.2. The Bertz CT molecular complexity index is 727. The molecule has 0 bridgehead atoms. The van der Waals surface area contributed by atoms with Gasteiger partial charge in [-0.2, -0.15) is 0 Å². The van der Waals surface area contributed by atoms with E-state index in [1.165, 1.54) is 0 Å². The van der Waals surface area contributed by atoms with Crippen molar-refractivity contribution >= 4 is 11.6 Å². The molecule has 0 aliphatic carbocycles. The van der Waals surface area contributed by atoms with Crippen molar-refractivity contribution in [1.29, 1.82) is 0 Å². The normalized spacial score (nSPS) is 12.7. The number of methoxy groups -OCH3 is 2. The van der Waals surface area contributed by atoms with Crippen LogP contribution in [-0.4, -0.2) is 51.3 Å². The Labute approximate surface area is 167 Å². The van der Waals surface area contributed by atoms with Crippen LogP contribution < -0.4 is 20.1 Å². The van der Waals surface area contributed by atoms with Crippen LogP contribution in [0.5, 0.6) is 11.5 Å². The Morgan fingerprint density at radius 1 is 1.11 bits per heavy atom. The molecule has 0 radical (unpaired) electrons. The van der Waals surface area contributed by atoms with Crippen molar-refractivity contribution in [1.82, 2.24) is 10.2 Å². The van der Waals surface area contributed by atoms with Crippen LogP contribution >= 0.6 is 0 Å². The standard InChI is InChI=1S/C21H32N4O3/c1-6-22-21(24-16-11-12-19(26-4)20(14-16)27-5)23-15-17(25(7-2)8-3)18-10-9-13-28-18/h9-14,17H,6-8,15H2,1-5H3,(H2,22,23,24). The fraction of sp³-hybridized carbons (Fsp3) is 0.476. The van der Waals surface area contributed by atoms with Gasteiger partial charge in [-0.05, 0) is 44.3 Å². The van der Waals surface area contributed by atoms with E-state index in [1.54, 1.807) is 20.5 Å². The molecule has 154 valence electrons. The second kappa shape index (κ2) is 11.2. The minimum Gasteiger partial charge on any atom is -0.493 e. The van der Waals surface area contributed by atoms with Gasteiger partial charge in [0.2, 0.25) is 0 Å². The molecule has 0 spiro atoms. The van der Waals surface area contributed by atoms with Gasteiger partial charge in [0.05, 0.1) is 33.1 Å². The minimum absolute atomic E-state index is 0.0888. The molecule has 2 N–H and O–H groups in total. The first kappa shape index (κ1) is 21.6. The summed E-state index contributed by atoms with van der Waals surface area (Å²) < 4.78 is 16.3. The molecule has 0 fully saturated rings. The number of benzene rings is 1. The van der Waals surface area contributed by atoms with E-state index >= 15 is 0 Å². The van der Waals surface area contributed by atoms with E-state index in [-0.39, 0.29) is 6.04 Å². The van der Waals surface area contributed by atoms with Gasteiger partial charge in [0, 0.05) is 18.3 Å². The maximum atomic E-state index is 5.66. The molecule has 0 aliphatic heterocycles. The van der Waals surface area contributed by atoms with Gasteiger partial charge < -0.3 is 24.5 Å². The predicted molar refractivity (Wildman–Crippen MR) is 114 cm³/mol. The summed E-state index contributed by atoms with van der Waals surface area (Å²) in [4.78, 5) is 7.14. The number of hydrogen-bond acceptors (Lipinski definition) is 5. The summed E-state index contributed by atoms with van der Waals surface area (Å²) in [6.07, 6.45) is 1.71. The highest BCUT2D eigenvalue weighted by Crippen LogP contribution is 2.29. The number of hydrogen-bond donors (Lipinski definition) is 2. The summed E-state index contributed by atoms with van der Waals surface area (Å²) in [5.41, 5.74) is 0.870. The third-order valence-electron chi connectivity index (χ3n) is 4.54. The monoisotopic (exact) mass is 388 g/mol. The average Bonchev–Trinajstić information content (AvgIpc) is 3.25. The van der Waals surface area contributed by atoms with Crippen LogP contribution in [0.3, 0.4) is 0 Å². The maximum absolute atomic E-state index is 5.66. The van der Waals surface area contributed by atoms with Crippen LogP contribution in [-0.2, 0) is 0 Å². The van der Waals surface area contributed by atoms with Crippen LogP contribution in [0, 0.1) is 0 Å². The van der Waals surface area contributed by atoms with E-state index in [9.17, 15) is 0 Å². The van der Waals surface area contributed by atoms with Crippen molar-refractivity contribution in [2.24, 2.45) is 4.99 Å². The molecule has 1 atom stereocenters. The molecule has 0 saturated heterocycles. The van der Waals surface area contributed by atoms with Gasteiger partial charge in [-0.15, -0.1) is 0 Å². The number of anilines is 1. The minimum atomic E-state index is 0.0888. The zero-order valence-electron chi connectivity index (χ0n) is 17.5. The Morgan fingerprint density at radius 3 is 2.43 bits per heavy atom. The summed E-state index contributed by atoms with van der Waals surface area (Å²) in [6, 6.07) is 9.70. The number of guanidine groups is 1. The Morgan fingerprint density at radius 2 is 1.86 bits per heavy atom. The van der Waals surface area contributed by atoms with Gasteiger partial charge in [-0.25, -0.2) is 0 Å². The second-order valence-electron chi connectivity index (χ2n) is 6.17. The molecule has 0 saturated carbocycles. The molecule has 0 aliphatic rings. The van der Waals surface area contributed by atoms with Gasteiger partial charge in [0.25, 0.3) is 0 Å². The van der Waals surface area contributed by atoms with Crippen molar-refractivity contribution in [3.8, 4) is 11.5 Å². The van der Waals surface area contributed by atoms with E-state index in [1.807, 2.05) is 37.3 Å². The predicted octanol–water partition coefficient (Wildman–Crippen LogP) is 3.76. The van der Waals surface area contributed by atoms with Gasteiger partial charge >= 0.3 is 0 Å². The largest absolute Gasteiger partial charge is 0.493 e. The molecule has 7 nitrogen and oxygen atoms in total. The fourth-order valence-electron chi connectivity index (χ4n) is 3.07. The molecule has 0 amide bonds. The number of nitrogens with zero attached hydrogens (tertiary/aromatic N) is 2. The van der Waals surface area contributed by atoms with Crippen molar-refractivity contribution < 1.29 is 13.9 Å². The lowest BCUT2D eigenvalue weighted by Crippen LogP contribution is -2.34. The Kier molecular flexibility index (Phi) is 8.68. The molecule has 2 rings (SSSR count). The van der Waals surface area contributed by atoms with Crippen molar-refractivity contribution in [2.75, 3.05) is 45.7 Å². The zero-order valence-corrected chi connectivity index (χ0v) is 17.5. The van der Waals surface area contributed by atoms with E-state index in [0.717, 1.165) is 31.1 Å². The molecular formula is C21H32N4O3. The fourth-order valence-corrected chi connectivity index (χ4v) is 3.07. The summed E-state index contributed by atoms with van der Waals surface area (Å²) in [7, 11) is 3.25. The van der Waals surface area contributed by atoms with Crippen LogP contribution in [0.25, 0.3) is 0 Å². The highest BCUT2D eigenvalue weighted by molar-refractivity contribution is 5.93. The number of nitrogens with one attached hydrogen (secondary N) is 2. The molecule has 1 aromatic heterocycles. The summed E-state index contributed by atoms with van der Waals surface area (Å²) in [5, 5.41) is 6.63. The highest BCUT2D eigenvalue weighted by atomic mass is 16.5. The van der Waals surface area contributed by atoms with Gasteiger partial charge in [-0.1, -0.05) is 13.8 Å². The molecule has 28 heavy (non-hydrogen) atoms. The Balaban J connectivity index is 2.20. The number of ether oxygens (including phenoxy) is 2. The van der Waals surface area contributed by atoms with Crippen molar-refractivity contribution in [2.45, 2.75) is 26.8 Å². The summed E-state index contributed by atoms with van der Waals surface area (Å²) >= 11 is 0. The van der Waals surface area contributed by atoms with Crippen LogP contribution in [0.15, 0.2) is 46.0 Å².